The zero-order valence-corrected chi connectivity index (χ0v) is 17.7. The number of rotatable bonds is 6. The van der Waals surface area contributed by atoms with Crippen LogP contribution in [-0.2, 0) is 4.79 Å². The van der Waals surface area contributed by atoms with Crippen LogP contribution in [0.25, 0.3) is 0 Å². The molecule has 0 bridgehead atoms. The van der Waals surface area contributed by atoms with Gasteiger partial charge in [-0.15, -0.1) is 10.2 Å². The standard InChI is InChI=1S/C18H14Cl2N4O2S2/c1-10-13(20)3-2-4-14(10)21-15(25)9-27-18-24-23-17(28-18)22-16(26)11-5-7-12(19)8-6-11/h2-8H,9H2,1H3,(H,21,25)(H,22,23,26). The van der Waals surface area contributed by atoms with Crippen LogP contribution >= 0.6 is 46.3 Å². The van der Waals surface area contributed by atoms with E-state index in [0.717, 1.165) is 5.56 Å². The molecule has 0 unspecified atom stereocenters. The van der Waals surface area contributed by atoms with Gasteiger partial charge >= 0.3 is 0 Å². The minimum absolute atomic E-state index is 0.158. The fourth-order valence-electron chi connectivity index (χ4n) is 2.15. The van der Waals surface area contributed by atoms with Gasteiger partial charge < -0.3 is 5.32 Å². The van der Waals surface area contributed by atoms with Crippen molar-refractivity contribution < 1.29 is 9.59 Å². The number of carbonyl (C=O) groups is 2. The van der Waals surface area contributed by atoms with Gasteiger partial charge in [-0.25, -0.2) is 0 Å². The molecule has 3 aromatic rings. The van der Waals surface area contributed by atoms with Crippen molar-refractivity contribution in [2.75, 3.05) is 16.4 Å². The molecule has 0 aliphatic carbocycles. The lowest BCUT2D eigenvalue weighted by Gasteiger charge is -2.08. The zero-order chi connectivity index (χ0) is 20.1. The summed E-state index contributed by atoms with van der Waals surface area (Å²) in [6, 6.07) is 11.9. The van der Waals surface area contributed by atoms with Crippen LogP contribution in [0.3, 0.4) is 0 Å². The van der Waals surface area contributed by atoms with E-state index in [2.05, 4.69) is 20.8 Å². The first kappa shape index (κ1) is 20.6. The predicted molar refractivity (Wildman–Crippen MR) is 115 cm³/mol. The molecular formula is C18H14Cl2N4O2S2. The van der Waals surface area contributed by atoms with Crippen LogP contribution in [0.1, 0.15) is 15.9 Å². The van der Waals surface area contributed by atoms with Gasteiger partial charge in [0.1, 0.15) is 0 Å². The van der Waals surface area contributed by atoms with Crippen molar-refractivity contribution >= 4 is 68.9 Å². The first-order chi connectivity index (χ1) is 13.4. The third-order valence-electron chi connectivity index (χ3n) is 3.60. The Kier molecular flexibility index (Phi) is 6.90. The lowest BCUT2D eigenvalue weighted by molar-refractivity contribution is -0.113. The number of hydrogen-bond donors (Lipinski definition) is 2. The second kappa shape index (κ2) is 9.38. The van der Waals surface area contributed by atoms with Crippen molar-refractivity contribution in [3.8, 4) is 0 Å². The van der Waals surface area contributed by atoms with Crippen molar-refractivity contribution in [2.45, 2.75) is 11.3 Å². The lowest BCUT2D eigenvalue weighted by atomic mass is 10.2. The van der Waals surface area contributed by atoms with Crippen LogP contribution in [0.15, 0.2) is 46.8 Å². The summed E-state index contributed by atoms with van der Waals surface area (Å²) in [6.07, 6.45) is 0. The molecule has 0 saturated heterocycles. The lowest BCUT2D eigenvalue weighted by Crippen LogP contribution is -2.14. The molecule has 2 aromatic carbocycles. The van der Waals surface area contributed by atoms with Gasteiger partial charge in [0.05, 0.1) is 5.75 Å². The summed E-state index contributed by atoms with van der Waals surface area (Å²) in [5, 5.41) is 14.9. The molecule has 0 radical (unpaired) electrons. The minimum Gasteiger partial charge on any atom is -0.325 e. The Hall–Kier alpha value is -2.13. The Morgan fingerprint density at radius 2 is 1.82 bits per heavy atom. The number of aromatic nitrogens is 2. The van der Waals surface area contributed by atoms with E-state index in [-0.39, 0.29) is 17.6 Å². The Morgan fingerprint density at radius 3 is 2.57 bits per heavy atom. The van der Waals surface area contributed by atoms with E-state index in [4.69, 9.17) is 23.2 Å². The number of nitrogens with one attached hydrogen (secondary N) is 2. The number of hydrogen-bond acceptors (Lipinski definition) is 6. The molecule has 144 valence electrons. The van der Waals surface area contributed by atoms with Crippen molar-refractivity contribution in [2.24, 2.45) is 0 Å². The van der Waals surface area contributed by atoms with Gasteiger partial charge in [0.25, 0.3) is 5.91 Å². The molecule has 1 aromatic heterocycles. The van der Waals surface area contributed by atoms with Gasteiger partial charge in [-0.05, 0) is 48.9 Å². The molecule has 28 heavy (non-hydrogen) atoms. The van der Waals surface area contributed by atoms with Crippen molar-refractivity contribution in [3.63, 3.8) is 0 Å². The smallest absolute Gasteiger partial charge is 0.257 e. The van der Waals surface area contributed by atoms with Gasteiger partial charge in [0.15, 0.2) is 4.34 Å². The van der Waals surface area contributed by atoms with E-state index in [1.165, 1.54) is 23.1 Å². The van der Waals surface area contributed by atoms with Crippen LogP contribution in [0.5, 0.6) is 0 Å². The monoisotopic (exact) mass is 452 g/mol. The summed E-state index contributed by atoms with van der Waals surface area (Å²) in [4.78, 5) is 24.3. The number of anilines is 2. The summed E-state index contributed by atoms with van der Waals surface area (Å²) in [5.74, 6) is -0.331. The maximum absolute atomic E-state index is 12.2. The molecule has 0 aliphatic rings. The number of halogens is 2. The van der Waals surface area contributed by atoms with E-state index >= 15 is 0 Å². The Labute approximate surface area is 179 Å². The first-order valence-corrected chi connectivity index (χ1v) is 10.6. The molecule has 2 amide bonds. The van der Waals surface area contributed by atoms with Crippen molar-refractivity contribution in [3.05, 3.63) is 63.6 Å². The fraction of sp³-hybridized carbons (Fsp3) is 0.111. The van der Waals surface area contributed by atoms with Crippen LogP contribution in [0, 0.1) is 6.92 Å². The Morgan fingerprint density at radius 1 is 1.07 bits per heavy atom. The number of carbonyl (C=O) groups excluding carboxylic acids is 2. The highest BCUT2D eigenvalue weighted by Crippen LogP contribution is 2.27. The van der Waals surface area contributed by atoms with E-state index in [9.17, 15) is 9.59 Å². The van der Waals surface area contributed by atoms with E-state index in [0.29, 0.717) is 30.8 Å². The normalized spacial score (nSPS) is 10.5. The highest BCUT2D eigenvalue weighted by molar-refractivity contribution is 8.01. The Bertz CT molecular complexity index is 1010. The van der Waals surface area contributed by atoms with Gasteiger partial charge in [0.2, 0.25) is 11.0 Å². The average molecular weight is 453 g/mol. The van der Waals surface area contributed by atoms with Gasteiger partial charge in [-0.3, -0.25) is 14.9 Å². The molecule has 0 fully saturated rings. The third kappa shape index (κ3) is 5.45. The molecule has 0 atom stereocenters. The molecule has 3 rings (SSSR count). The van der Waals surface area contributed by atoms with Crippen LogP contribution in [-0.4, -0.2) is 27.8 Å². The molecule has 10 heteroatoms. The fourth-order valence-corrected chi connectivity index (χ4v) is 3.99. The number of nitrogens with zero attached hydrogens (tertiary/aromatic N) is 2. The van der Waals surface area contributed by atoms with Crippen LogP contribution < -0.4 is 10.6 Å². The highest BCUT2D eigenvalue weighted by Gasteiger charge is 2.13. The maximum atomic E-state index is 12.2. The molecule has 1 heterocycles. The quantitative estimate of drug-likeness (QED) is 0.399. The van der Waals surface area contributed by atoms with E-state index < -0.39 is 0 Å². The molecule has 0 aliphatic heterocycles. The molecule has 2 N–H and O–H groups in total. The first-order valence-electron chi connectivity index (χ1n) is 8.00. The Balaban J connectivity index is 1.53. The topological polar surface area (TPSA) is 84.0 Å². The third-order valence-corrected chi connectivity index (χ3v) is 6.24. The van der Waals surface area contributed by atoms with Gasteiger partial charge in [-0.2, -0.15) is 0 Å². The number of thioether (sulfide) groups is 1. The largest absolute Gasteiger partial charge is 0.325 e. The number of benzene rings is 2. The van der Waals surface area contributed by atoms with Crippen LogP contribution in [0.4, 0.5) is 10.8 Å². The summed E-state index contributed by atoms with van der Waals surface area (Å²) >= 11 is 14.3. The van der Waals surface area contributed by atoms with E-state index in [1.54, 1.807) is 42.5 Å². The molecule has 6 nitrogen and oxygen atoms in total. The predicted octanol–water partition coefficient (Wildman–Crippen LogP) is 5.14. The van der Waals surface area contributed by atoms with Crippen molar-refractivity contribution in [1.29, 1.82) is 0 Å². The number of amides is 2. The van der Waals surface area contributed by atoms with Gasteiger partial charge in [0, 0.05) is 21.3 Å². The average Bonchev–Trinajstić information content (AvgIpc) is 3.11. The molecule has 0 saturated carbocycles. The van der Waals surface area contributed by atoms with Crippen molar-refractivity contribution in [1.82, 2.24) is 10.2 Å². The summed E-state index contributed by atoms with van der Waals surface area (Å²) in [5.41, 5.74) is 1.95. The molecular weight excluding hydrogens is 439 g/mol. The minimum atomic E-state index is -0.307. The molecule has 0 spiro atoms. The summed E-state index contributed by atoms with van der Waals surface area (Å²) < 4.78 is 0.573. The highest BCUT2D eigenvalue weighted by atomic mass is 35.5. The van der Waals surface area contributed by atoms with Gasteiger partial charge in [-0.1, -0.05) is 52.4 Å². The SMILES string of the molecule is Cc1c(Cl)cccc1NC(=O)CSc1nnc(NC(=O)c2ccc(Cl)cc2)s1. The van der Waals surface area contributed by atoms with E-state index in [1.807, 2.05) is 6.92 Å². The maximum Gasteiger partial charge on any atom is 0.257 e. The summed E-state index contributed by atoms with van der Waals surface area (Å²) in [7, 11) is 0. The second-order valence-electron chi connectivity index (χ2n) is 5.58. The zero-order valence-electron chi connectivity index (χ0n) is 14.5. The second-order valence-corrected chi connectivity index (χ2v) is 8.63. The summed E-state index contributed by atoms with van der Waals surface area (Å²) in [6.45, 7) is 1.84. The van der Waals surface area contributed by atoms with Crippen LogP contribution in [0.2, 0.25) is 10.0 Å².